The summed E-state index contributed by atoms with van der Waals surface area (Å²) in [5.41, 5.74) is 12.0. The van der Waals surface area contributed by atoms with E-state index in [1.165, 1.54) is 34.0 Å². The lowest BCUT2D eigenvalue weighted by Gasteiger charge is -2.18. The molecule has 17 nitrogen and oxygen atoms in total. The number of thiophene rings is 3. The molecule has 0 saturated heterocycles. The van der Waals surface area contributed by atoms with Gasteiger partial charge < -0.3 is 41.0 Å². The second-order valence-corrected chi connectivity index (χ2v) is 18.6. The molecule has 7 aromatic rings. The Morgan fingerprint density at radius 1 is 0.623 bits per heavy atom. The Morgan fingerprint density at radius 2 is 1.07 bits per heavy atom. The number of pyridine rings is 3. The molecule has 20 heteroatoms. The predicted octanol–water partition coefficient (Wildman–Crippen LogP) is 8.28. The number of carboxylic acids is 1. The molecule has 0 saturated carbocycles. The lowest BCUT2D eigenvalue weighted by atomic mass is 10.2. The molecule has 0 aliphatic carbocycles. The van der Waals surface area contributed by atoms with Gasteiger partial charge in [0, 0.05) is 31.7 Å². The van der Waals surface area contributed by atoms with E-state index in [-0.39, 0.29) is 38.1 Å². The van der Waals surface area contributed by atoms with Gasteiger partial charge in [-0.25, -0.2) is 14.4 Å². The summed E-state index contributed by atoms with van der Waals surface area (Å²) >= 11 is 3.97. The topological polar surface area (TPSA) is 251 Å². The fourth-order valence-corrected chi connectivity index (χ4v) is 9.05. The third kappa shape index (κ3) is 15.8. The maximum Gasteiger partial charge on any atom is 0.408 e. The lowest BCUT2D eigenvalue weighted by molar-refractivity contribution is -0.146. The van der Waals surface area contributed by atoms with Gasteiger partial charge in [-0.1, -0.05) is 57.0 Å². The number of aromatic nitrogens is 3. The SMILES string of the molecule is CCCCOC(=O)[C@@H](CNC(=O)c1cc2nccc(C)c2s1)NC(=O)OCc1ccccc1.CCCCOC(=O)[C@H](N)CNC(=O)c1cc2nccc(C)c2s1.Cc1ccnc2cc(C(=O)O)sc12. The number of hydrogen-bond donors (Lipinski definition) is 5. The van der Waals surface area contributed by atoms with Gasteiger partial charge in [-0.2, -0.15) is 0 Å². The van der Waals surface area contributed by atoms with Crippen molar-refractivity contribution in [1.82, 2.24) is 30.9 Å². The summed E-state index contributed by atoms with van der Waals surface area (Å²) in [6.45, 7) is 10.4. The Balaban J connectivity index is 0.000000212. The number of benzene rings is 1. The normalized spacial score (nSPS) is 11.6. The van der Waals surface area contributed by atoms with Crippen molar-refractivity contribution in [3.8, 4) is 0 Å². The van der Waals surface area contributed by atoms with Gasteiger partial charge in [-0.05, 0) is 92.3 Å². The van der Waals surface area contributed by atoms with Gasteiger partial charge in [-0.15, -0.1) is 34.0 Å². The van der Waals surface area contributed by atoms with Crippen LogP contribution in [-0.4, -0.2) is 94.3 Å². The number of aryl methyl sites for hydroxylation is 3. The van der Waals surface area contributed by atoms with Gasteiger partial charge in [-0.3, -0.25) is 29.3 Å². The van der Waals surface area contributed by atoms with Gasteiger partial charge in [0.1, 0.15) is 23.6 Å². The van der Waals surface area contributed by atoms with E-state index in [0.29, 0.717) is 27.7 Å². The zero-order chi connectivity index (χ0) is 49.9. The van der Waals surface area contributed by atoms with E-state index in [4.69, 9.17) is 25.1 Å². The number of ether oxygens (including phenoxy) is 3. The van der Waals surface area contributed by atoms with E-state index in [1.54, 1.807) is 36.8 Å². The van der Waals surface area contributed by atoms with Crippen LogP contribution in [-0.2, 0) is 30.4 Å². The Hall–Kier alpha value is -6.87. The minimum Gasteiger partial charge on any atom is -0.477 e. The number of alkyl carbamates (subject to hydrolysis) is 1. The molecule has 0 radical (unpaired) electrons. The first kappa shape index (κ1) is 53.1. The zero-order valence-corrected chi connectivity index (χ0v) is 41.3. The molecule has 69 heavy (non-hydrogen) atoms. The van der Waals surface area contributed by atoms with Crippen LogP contribution in [0.3, 0.4) is 0 Å². The van der Waals surface area contributed by atoms with E-state index >= 15 is 0 Å². The monoisotopic (exact) mass is 997 g/mol. The van der Waals surface area contributed by atoms with Gasteiger partial charge >= 0.3 is 24.0 Å². The summed E-state index contributed by atoms with van der Waals surface area (Å²) in [7, 11) is 0. The molecule has 1 aromatic carbocycles. The second kappa shape index (κ2) is 26.6. The second-order valence-electron chi connectivity index (χ2n) is 15.5. The van der Waals surface area contributed by atoms with Crippen LogP contribution in [0.4, 0.5) is 4.79 Å². The molecule has 7 rings (SSSR count). The first-order chi connectivity index (χ1) is 33.2. The number of carboxylic acid groups (broad SMARTS) is 1. The van der Waals surface area contributed by atoms with Crippen LogP contribution in [0, 0.1) is 20.8 Å². The van der Waals surface area contributed by atoms with Crippen molar-refractivity contribution < 1.29 is 48.1 Å². The highest BCUT2D eigenvalue weighted by molar-refractivity contribution is 7.21. The van der Waals surface area contributed by atoms with Crippen LogP contribution in [0.15, 0.2) is 85.3 Å². The summed E-state index contributed by atoms with van der Waals surface area (Å²) in [5.74, 6) is -2.63. The Labute approximate surface area is 410 Å². The van der Waals surface area contributed by atoms with E-state index in [2.05, 4.69) is 30.9 Å². The first-order valence-corrected chi connectivity index (χ1v) is 24.5. The molecule has 0 aliphatic rings. The number of aromatic carboxylic acids is 1. The number of carbonyl (C=O) groups excluding carboxylic acids is 5. The van der Waals surface area contributed by atoms with Crippen LogP contribution in [0.5, 0.6) is 0 Å². The average molecular weight is 998 g/mol. The number of nitrogens with zero attached hydrogens (tertiary/aromatic N) is 3. The number of nitrogens with one attached hydrogen (secondary N) is 3. The predicted molar refractivity (Wildman–Crippen MR) is 268 cm³/mol. The van der Waals surface area contributed by atoms with Gasteiger partial charge in [0.15, 0.2) is 0 Å². The summed E-state index contributed by atoms with van der Waals surface area (Å²) in [6.07, 6.45) is 7.64. The van der Waals surface area contributed by atoms with E-state index in [0.717, 1.165) is 72.2 Å². The molecule has 3 amide bonds. The van der Waals surface area contributed by atoms with Gasteiger partial charge in [0.05, 0.1) is 53.6 Å². The molecule has 364 valence electrons. The summed E-state index contributed by atoms with van der Waals surface area (Å²) in [5, 5.41) is 16.6. The first-order valence-electron chi connectivity index (χ1n) is 22.1. The molecule has 0 unspecified atom stereocenters. The lowest BCUT2D eigenvalue weighted by Crippen LogP contribution is -2.49. The highest BCUT2D eigenvalue weighted by Crippen LogP contribution is 2.28. The molecule has 0 spiro atoms. The smallest absolute Gasteiger partial charge is 0.408 e. The molecule has 0 aliphatic heterocycles. The van der Waals surface area contributed by atoms with Crippen molar-refractivity contribution in [3.63, 3.8) is 0 Å². The van der Waals surface area contributed by atoms with Crippen LogP contribution in [0.1, 0.15) is 90.8 Å². The van der Waals surface area contributed by atoms with E-state index in [9.17, 15) is 28.8 Å². The summed E-state index contributed by atoms with van der Waals surface area (Å²) in [6, 6.07) is 18.0. The number of carbonyl (C=O) groups is 6. The number of esters is 2. The maximum absolute atomic E-state index is 12.7. The number of rotatable bonds is 18. The van der Waals surface area contributed by atoms with Crippen molar-refractivity contribution >= 4 is 100 Å². The summed E-state index contributed by atoms with van der Waals surface area (Å²) in [4.78, 5) is 85.9. The molecule has 0 bridgehead atoms. The van der Waals surface area contributed by atoms with Crippen molar-refractivity contribution in [2.45, 2.75) is 79.0 Å². The molecular formula is C49H55N7O10S3. The highest BCUT2D eigenvalue weighted by atomic mass is 32.1. The average Bonchev–Trinajstić information content (AvgIpc) is 4.12. The molecule has 6 N–H and O–H groups in total. The minimum absolute atomic E-state index is 0.0461. The quantitative estimate of drug-likeness (QED) is 0.0308. The minimum atomic E-state index is -1.08. The number of fused-ring (bicyclic) bond motifs is 3. The fourth-order valence-electron chi connectivity index (χ4n) is 6.12. The van der Waals surface area contributed by atoms with Crippen molar-refractivity contribution in [2.75, 3.05) is 26.3 Å². The Bertz CT molecular complexity index is 2870. The number of amides is 3. The maximum atomic E-state index is 12.7. The van der Waals surface area contributed by atoms with Crippen LogP contribution in [0.25, 0.3) is 30.6 Å². The third-order valence-electron chi connectivity index (χ3n) is 10.0. The standard InChI is InChI=1S/C24H27N3O5S.C16H21N3O3S.C9H7NO2S/c1-3-4-12-31-23(29)19(27-24(30)32-15-17-8-6-5-7-9-17)14-26-22(28)20-13-18-21(33-20)16(2)10-11-25-18;1-3-4-7-22-16(21)11(17)9-19-15(20)13-8-12-14(23-13)10(2)5-6-18-12;1-5-2-3-10-6-4-7(9(11)12)13-8(5)6/h5-11,13,19H,3-4,12,14-15H2,1-2H3,(H,26,28)(H,27,30);5-6,8,11H,3-4,7,9,17H2,1-2H3,(H,19,20);2-4H,1H3,(H,11,12)/t19-;11-;/m11./s1. The molecule has 6 aromatic heterocycles. The van der Waals surface area contributed by atoms with Crippen LogP contribution in [0.2, 0.25) is 0 Å². The van der Waals surface area contributed by atoms with Crippen LogP contribution >= 0.6 is 34.0 Å². The Kier molecular flexibility index (Phi) is 20.5. The van der Waals surface area contributed by atoms with Gasteiger partial charge in [0.25, 0.3) is 11.8 Å². The van der Waals surface area contributed by atoms with E-state index < -0.39 is 36.1 Å². The number of hydrogen-bond acceptors (Lipinski definition) is 16. The van der Waals surface area contributed by atoms with E-state index in [1.807, 2.05) is 83.1 Å². The van der Waals surface area contributed by atoms with Crippen molar-refractivity contribution in [1.29, 1.82) is 0 Å². The van der Waals surface area contributed by atoms with Crippen LogP contribution < -0.4 is 21.7 Å². The van der Waals surface area contributed by atoms with Gasteiger partial charge in [0.2, 0.25) is 0 Å². The number of unbranched alkanes of at least 4 members (excludes halogenated alkanes) is 2. The van der Waals surface area contributed by atoms with Crippen molar-refractivity contribution in [2.24, 2.45) is 5.73 Å². The Morgan fingerprint density at radius 3 is 1.54 bits per heavy atom. The number of nitrogens with two attached hydrogens (primary N) is 1. The highest BCUT2D eigenvalue weighted by Gasteiger charge is 2.25. The molecule has 6 heterocycles. The molecule has 2 atom stereocenters. The largest absolute Gasteiger partial charge is 0.477 e. The summed E-state index contributed by atoms with van der Waals surface area (Å²) < 4.78 is 18.3. The molecule has 0 fully saturated rings. The molecular weight excluding hydrogens is 943 g/mol. The third-order valence-corrected chi connectivity index (χ3v) is 13.8. The van der Waals surface area contributed by atoms with Crippen molar-refractivity contribution in [3.05, 3.63) is 122 Å². The fraction of sp³-hybridized carbons (Fsp3) is 0.327. The zero-order valence-electron chi connectivity index (χ0n) is 38.9.